The van der Waals surface area contributed by atoms with Gasteiger partial charge in [0, 0.05) is 0 Å². The molecule has 2 aromatic carbocycles. The molecule has 0 unspecified atom stereocenters. The van der Waals surface area contributed by atoms with E-state index in [4.69, 9.17) is 0 Å². The second kappa shape index (κ2) is 8.47. The second-order valence-electron chi connectivity index (χ2n) is 5.71. The van der Waals surface area contributed by atoms with Crippen molar-refractivity contribution < 1.29 is 16.5 Å². The zero-order valence-corrected chi connectivity index (χ0v) is 15.0. The average molecular weight is 343 g/mol. The van der Waals surface area contributed by atoms with Gasteiger partial charge in [-0.25, -0.2) is 0 Å². The van der Waals surface area contributed by atoms with Crippen molar-refractivity contribution in [2.24, 2.45) is 5.41 Å². The summed E-state index contributed by atoms with van der Waals surface area (Å²) in [6, 6.07) is 20.7. The molecule has 0 fully saturated rings. The minimum atomic E-state index is -1.26. The standard InChI is InChI=1S/C17H19NP.CH3.Ni/c1-17(2,3)16(18)19(14-10-6-4-7-11-14)15-12-8-5-9-13-15;;/h4-13H,1-3H3;1H3;/q2*-1;+2/p+1. The van der Waals surface area contributed by atoms with Crippen LogP contribution >= 0.6 is 7.92 Å². The van der Waals surface area contributed by atoms with Crippen molar-refractivity contribution in [1.82, 2.24) is 0 Å². The molecule has 21 heavy (non-hydrogen) atoms. The first-order valence-corrected chi connectivity index (χ1v) is 8.04. The van der Waals surface area contributed by atoms with E-state index in [1.807, 2.05) is 36.4 Å². The predicted molar refractivity (Wildman–Crippen MR) is 94.7 cm³/mol. The van der Waals surface area contributed by atoms with Crippen LogP contribution in [0, 0.1) is 12.8 Å². The molecule has 0 aliphatic rings. The van der Waals surface area contributed by atoms with Crippen molar-refractivity contribution in [1.29, 1.82) is 0 Å². The summed E-state index contributed by atoms with van der Waals surface area (Å²) in [5.41, 5.74) is 0.412. The van der Waals surface area contributed by atoms with Gasteiger partial charge in [-0.15, -0.1) is 0 Å². The monoisotopic (exact) mass is 342 g/mol. The van der Waals surface area contributed by atoms with Crippen LogP contribution in [0.15, 0.2) is 60.7 Å². The topological polar surface area (TPSA) is 22.3 Å². The van der Waals surface area contributed by atoms with Crippen LogP contribution in [-0.4, -0.2) is 5.45 Å². The van der Waals surface area contributed by atoms with Gasteiger partial charge in [0.25, 0.3) is 0 Å². The van der Waals surface area contributed by atoms with Crippen LogP contribution in [0.5, 0.6) is 0 Å². The first-order chi connectivity index (χ1) is 9.00. The molecular formula is C18H23NNiP+. The Balaban J connectivity index is 0.00000200. The van der Waals surface area contributed by atoms with Gasteiger partial charge in [-0.1, -0.05) is 57.2 Å². The van der Waals surface area contributed by atoms with Gasteiger partial charge in [-0.3, -0.25) is 0 Å². The molecule has 0 heterocycles. The van der Waals surface area contributed by atoms with Crippen molar-refractivity contribution in [3.05, 3.63) is 73.5 Å². The Morgan fingerprint density at radius 1 is 0.810 bits per heavy atom. The third kappa shape index (κ3) is 5.06. The van der Waals surface area contributed by atoms with Crippen LogP contribution in [0.4, 0.5) is 0 Å². The van der Waals surface area contributed by atoms with Gasteiger partial charge in [0.15, 0.2) is 0 Å². The molecule has 0 saturated carbocycles. The molecule has 0 bridgehead atoms. The van der Waals surface area contributed by atoms with E-state index in [9.17, 15) is 5.41 Å². The Morgan fingerprint density at radius 2 is 1.14 bits per heavy atom. The van der Waals surface area contributed by atoms with Gasteiger partial charge in [0.2, 0.25) is 0 Å². The molecule has 2 rings (SSSR count). The van der Waals surface area contributed by atoms with Gasteiger partial charge in [0.05, 0.1) is 18.5 Å². The molecule has 0 atom stereocenters. The number of hydrogen-bond acceptors (Lipinski definition) is 0. The summed E-state index contributed by atoms with van der Waals surface area (Å²) < 4.78 is 0. The van der Waals surface area contributed by atoms with E-state index in [2.05, 4.69) is 45.0 Å². The fourth-order valence-electron chi connectivity index (χ4n) is 2.02. The van der Waals surface area contributed by atoms with Crippen LogP contribution in [0.1, 0.15) is 20.8 Å². The quantitative estimate of drug-likeness (QED) is 0.343. The van der Waals surface area contributed by atoms with Crippen LogP contribution in [0.3, 0.4) is 0 Å². The maximum Gasteiger partial charge on any atom is 2.00 e. The van der Waals surface area contributed by atoms with Crippen molar-refractivity contribution in [2.75, 3.05) is 0 Å². The summed E-state index contributed by atoms with van der Waals surface area (Å²) in [6.07, 6.45) is 0. The predicted octanol–water partition coefficient (Wildman–Crippen LogP) is 4.31. The van der Waals surface area contributed by atoms with Crippen molar-refractivity contribution >= 4 is 24.0 Å². The maximum atomic E-state index is 10.7. The molecule has 0 amide bonds. The van der Waals surface area contributed by atoms with E-state index in [0.29, 0.717) is 5.45 Å². The fourth-order valence-corrected chi connectivity index (χ4v) is 4.71. The molecule has 1 nitrogen and oxygen atoms in total. The summed E-state index contributed by atoms with van der Waals surface area (Å²) in [7, 11) is -1.26. The molecule has 3 heteroatoms. The number of nitrogens with zero attached hydrogens (tertiary/aromatic N) is 1. The number of benzene rings is 2. The van der Waals surface area contributed by atoms with E-state index in [1.165, 1.54) is 10.6 Å². The molecule has 2 aromatic rings. The van der Waals surface area contributed by atoms with E-state index in [1.54, 1.807) is 0 Å². The minimum Gasteiger partial charge on any atom is -0.774 e. The van der Waals surface area contributed by atoms with Gasteiger partial charge in [-0.2, -0.15) is 0 Å². The van der Waals surface area contributed by atoms with Gasteiger partial charge >= 0.3 is 16.5 Å². The van der Waals surface area contributed by atoms with Crippen LogP contribution < -0.4 is 10.6 Å². The smallest absolute Gasteiger partial charge is 0.774 e. The first-order valence-electron chi connectivity index (χ1n) is 6.54. The van der Waals surface area contributed by atoms with Crippen molar-refractivity contribution in [3.63, 3.8) is 0 Å². The SMILES string of the molecule is CC(C)(C)C(=[N-])[PH+](c1ccccc1)c1ccccc1.[CH3-].[Ni+2]. The second-order valence-corrected chi connectivity index (χ2v) is 8.08. The summed E-state index contributed by atoms with van der Waals surface area (Å²) in [4.78, 5) is 0. The number of hydrogen-bond donors (Lipinski definition) is 0. The summed E-state index contributed by atoms with van der Waals surface area (Å²) in [5.74, 6) is 0. The third-order valence-electron chi connectivity index (χ3n) is 3.07. The van der Waals surface area contributed by atoms with Crippen molar-refractivity contribution in [2.45, 2.75) is 20.8 Å². The zero-order valence-electron chi connectivity index (χ0n) is 13.0. The fraction of sp³-hybridized carbons (Fsp3) is 0.222. The Morgan fingerprint density at radius 3 is 1.43 bits per heavy atom. The minimum absolute atomic E-state index is 0. The Kier molecular flexibility index (Phi) is 8.08. The molecule has 0 aliphatic heterocycles. The molecular weight excluding hydrogens is 320 g/mol. The van der Waals surface area contributed by atoms with Gasteiger partial charge < -0.3 is 12.8 Å². The van der Waals surface area contributed by atoms with Crippen LogP contribution in [0.25, 0.3) is 5.41 Å². The normalized spacial score (nSPS) is 10.5. The summed E-state index contributed by atoms with van der Waals surface area (Å²) >= 11 is 0. The van der Waals surface area contributed by atoms with Crippen LogP contribution in [-0.2, 0) is 16.5 Å². The summed E-state index contributed by atoms with van der Waals surface area (Å²) in [5, 5.41) is 13.2. The van der Waals surface area contributed by atoms with E-state index in [-0.39, 0.29) is 29.3 Å². The van der Waals surface area contributed by atoms with Crippen LogP contribution in [0.2, 0.25) is 0 Å². The largest absolute Gasteiger partial charge is 2.00 e. The van der Waals surface area contributed by atoms with E-state index < -0.39 is 7.92 Å². The first kappa shape index (κ1) is 20.0. The summed E-state index contributed by atoms with van der Waals surface area (Å²) in [6.45, 7) is 6.20. The molecule has 114 valence electrons. The zero-order chi connectivity index (χ0) is 13.9. The molecule has 0 saturated heterocycles. The molecule has 0 radical (unpaired) electrons. The Bertz CT molecular complexity index is 507. The van der Waals surface area contributed by atoms with Crippen molar-refractivity contribution in [3.8, 4) is 0 Å². The average Bonchev–Trinajstić information content (AvgIpc) is 2.40. The third-order valence-corrected chi connectivity index (χ3v) is 6.12. The maximum absolute atomic E-state index is 10.7. The van der Waals surface area contributed by atoms with Gasteiger partial charge in [0.1, 0.15) is 0 Å². The molecule has 0 N–H and O–H groups in total. The van der Waals surface area contributed by atoms with E-state index in [0.717, 1.165) is 0 Å². The Labute approximate surface area is 140 Å². The van der Waals surface area contributed by atoms with Gasteiger partial charge in [-0.05, 0) is 35.1 Å². The Hall–Kier alpha value is -0.966. The molecule has 0 aliphatic carbocycles. The molecule has 0 spiro atoms. The molecule has 0 aromatic heterocycles. The number of rotatable bonds is 3. The van der Waals surface area contributed by atoms with E-state index >= 15 is 0 Å².